The number of benzene rings is 2. The predicted octanol–water partition coefficient (Wildman–Crippen LogP) is 3.55. The molecule has 2 atom stereocenters. The second-order valence-corrected chi connectivity index (χ2v) is 8.55. The summed E-state index contributed by atoms with van der Waals surface area (Å²) in [6.45, 7) is 2.16. The molecule has 2 aromatic rings. The lowest BCUT2D eigenvalue weighted by Gasteiger charge is -2.46. The van der Waals surface area contributed by atoms with Crippen LogP contribution >= 0.6 is 0 Å². The van der Waals surface area contributed by atoms with Crippen molar-refractivity contribution in [1.29, 1.82) is 0 Å². The number of carbonyl (C=O) groups is 2. The third-order valence-electron chi connectivity index (χ3n) is 6.96. The number of nitrogens with zero attached hydrogens (tertiary/aromatic N) is 2. The lowest BCUT2D eigenvalue weighted by molar-refractivity contribution is -0.135. The zero-order valence-corrected chi connectivity index (χ0v) is 18.1. The van der Waals surface area contributed by atoms with Gasteiger partial charge in [-0.05, 0) is 60.6 Å². The Balaban J connectivity index is 1.67. The number of ether oxygens (including phenoxy) is 2. The van der Waals surface area contributed by atoms with Crippen LogP contribution < -0.4 is 9.47 Å². The highest BCUT2D eigenvalue weighted by atomic mass is 16.5. The van der Waals surface area contributed by atoms with Crippen LogP contribution in [0.5, 0.6) is 11.5 Å². The van der Waals surface area contributed by atoms with E-state index in [1.807, 2.05) is 46.2 Å². The summed E-state index contributed by atoms with van der Waals surface area (Å²) < 4.78 is 11.1. The number of fused-ring (bicyclic) bond motifs is 4. The molecule has 1 fully saturated rings. The van der Waals surface area contributed by atoms with E-state index in [0.29, 0.717) is 23.6 Å². The Morgan fingerprint density at radius 1 is 0.935 bits per heavy atom. The van der Waals surface area contributed by atoms with Crippen LogP contribution in [0, 0.1) is 0 Å². The molecular weight excluding hydrogens is 392 g/mol. The molecule has 3 aliphatic heterocycles. The van der Waals surface area contributed by atoms with Crippen LogP contribution in [-0.2, 0) is 11.2 Å². The molecule has 0 N–H and O–H groups in total. The molecule has 2 aromatic carbocycles. The molecule has 3 heterocycles. The maximum absolute atomic E-state index is 13.9. The quantitative estimate of drug-likeness (QED) is 0.762. The maximum Gasteiger partial charge on any atom is 0.254 e. The topological polar surface area (TPSA) is 59.1 Å². The molecule has 0 spiro atoms. The summed E-state index contributed by atoms with van der Waals surface area (Å²) in [5.41, 5.74) is 3.59. The molecular formula is C25H28N2O4. The average Bonchev–Trinajstić information content (AvgIpc) is 2.83. The van der Waals surface area contributed by atoms with Gasteiger partial charge in [-0.3, -0.25) is 9.59 Å². The van der Waals surface area contributed by atoms with Gasteiger partial charge in [-0.2, -0.15) is 0 Å². The van der Waals surface area contributed by atoms with Crippen molar-refractivity contribution in [2.45, 2.75) is 37.6 Å². The van der Waals surface area contributed by atoms with Crippen molar-refractivity contribution in [2.24, 2.45) is 0 Å². The highest BCUT2D eigenvalue weighted by Gasteiger charge is 2.47. The van der Waals surface area contributed by atoms with Crippen LogP contribution in [0.15, 0.2) is 36.4 Å². The molecule has 3 aliphatic rings. The van der Waals surface area contributed by atoms with E-state index < -0.39 is 5.92 Å². The number of carbonyl (C=O) groups excluding carboxylic acids is 2. The van der Waals surface area contributed by atoms with Gasteiger partial charge in [-0.15, -0.1) is 0 Å². The van der Waals surface area contributed by atoms with E-state index in [9.17, 15) is 9.59 Å². The first-order valence-corrected chi connectivity index (χ1v) is 11.1. The molecule has 0 saturated carbocycles. The monoisotopic (exact) mass is 420 g/mol. The zero-order valence-electron chi connectivity index (χ0n) is 18.1. The van der Waals surface area contributed by atoms with E-state index in [2.05, 4.69) is 0 Å². The van der Waals surface area contributed by atoms with Crippen LogP contribution in [-0.4, -0.2) is 55.5 Å². The Kier molecular flexibility index (Phi) is 5.08. The number of amides is 2. The van der Waals surface area contributed by atoms with Gasteiger partial charge in [-0.25, -0.2) is 0 Å². The molecule has 6 nitrogen and oxygen atoms in total. The SMILES string of the molecule is COc1cc2c(cc1OC)[C@H]1[C@@H](C(=O)N3CCCCC3)c3ccccc3C(=O)N1CC2. The molecule has 5 rings (SSSR count). The van der Waals surface area contributed by atoms with Crippen LogP contribution in [0.1, 0.15) is 58.3 Å². The van der Waals surface area contributed by atoms with Gasteiger partial charge in [0.15, 0.2) is 11.5 Å². The van der Waals surface area contributed by atoms with E-state index in [-0.39, 0.29) is 17.9 Å². The van der Waals surface area contributed by atoms with E-state index >= 15 is 0 Å². The molecule has 2 amide bonds. The fraction of sp³-hybridized carbons (Fsp3) is 0.440. The Hall–Kier alpha value is -3.02. The second kappa shape index (κ2) is 7.91. The standard InChI is InChI=1S/C25H28N2O4/c1-30-20-14-16-10-13-27-23(19(16)15-21(20)31-2)22(25(29)26-11-6-3-7-12-26)17-8-4-5-9-18(17)24(27)28/h4-5,8-9,14-15,22-23H,3,6-7,10-13H2,1-2H3/t22-,23-/m0/s1. The smallest absolute Gasteiger partial charge is 0.254 e. The van der Waals surface area contributed by atoms with Gasteiger partial charge in [0.05, 0.1) is 26.2 Å². The van der Waals surface area contributed by atoms with Crippen molar-refractivity contribution >= 4 is 11.8 Å². The molecule has 1 saturated heterocycles. The first-order valence-electron chi connectivity index (χ1n) is 11.1. The van der Waals surface area contributed by atoms with Crippen LogP contribution in [0.2, 0.25) is 0 Å². The van der Waals surface area contributed by atoms with Gasteiger partial charge in [0.1, 0.15) is 0 Å². The summed E-state index contributed by atoms with van der Waals surface area (Å²) in [6, 6.07) is 11.2. The highest BCUT2D eigenvalue weighted by molar-refractivity contribution is 6.01. The fourth-order valence-corrected chi connectivity index (χ4v) is 5.43. The average molecular weight is 421 g/mol. The van der Waals surface area contributed by atoms with Gasteiger partial charge in [0.2, 0.25) is 5.91 Å². The normalized spacial score (nSPS) is 22.3. The summed E-state index contributed by atoms with van der Waals surface area (Å²) in [7, 11) is 3.24. The largest absolute Gasteiger partial charge is 0.493 e. The second-order valence-electron chi connectivity index (χ2n) is 8.55. The lowest BCUT2D eigenvalue weighted by Crippen LogP contribution is -2.51. The summed E-state index contributed by atoms with van der Waals surface area (Å²) in [4.78, 5) is 31.2. The third kappa shape index (κ3) is 3.16. The summed E-state index contributed by atoms with van der Waals surface area (Å²) >= 11 is 0. The van der Waals surface area contributed by atoms with Crippen LogP contribution in [0.25, 0.3) is 0 Å². The van der Waals surface area contributed by atoms with Crippen molar-refractivity contribution in [3.05, 3.63) is 58.7 Å². The minimum absolute atomic E-state index is 0.00345. The van der Waals surface area contributed by atoms with E-state index in [0.717, 1.165) is 49.0 Å². The first-order chi connectivity index (χ1) is 15.1. The van der Waals surface area contributed by atoms with E-state index in [1.54, 1.807) is 14.2 Å². The number of hydrogen-bond donors (Lipinski definition) is 0. The fourth-order valence-electron chi connectivity index (χ4n) is 5.43. The third-order valence-corrected chi connectivity index (χ3v) is 6.96. The van der Waals surface area contributed by atoms with Crippen molar-refractivity contribution in [1.82, 2.24) is 9.80 Å². The number of rotatable bonds is 3. The first kappa shape index (κ1) is 19.9. The van der Waals surface area contributed by atoms with E-state index in [1.165, 1.54) is 6.42 Å². The minimum atomic E-state index is -0.413. The molecule has 0 radical (unpaired) electrons. The van der Waals surface area contributed by atoms with E-state index in [4.69, 9.17) is 9.47 Å². The molecule has 162 valence electrons. The predicted molar refractivity (Wildman–Crippen MR) is 117 cm³/mol. The summed E-state index contributed by atoms with van der Waals surface area (Å²) in [5.74, 6) is 1.01. The molecule has 0 aliphatic carbocycles. The van der Waals surface area contributed by atoms with Crippen molar-refractivity contribution < 1.29 is 19.1 Å². The van der Waals surface area contributed by atoms with Gasteiger partial charge in [0, 0.05) is 25.2 Å². The Morgan fingerprint density at radius 3 is 2.39 bits per heavy atom. The molecule has 6 heteroatoms. The molecule has 0 unspecified atom stereocenters. The Labute approximate surface area is 182 Å². The van der Waals surface area contributed by atoms with Gasteiger partial charge < -0.3 is 19.3 Å². The highest BCUT2D eigenvalue weighted by Crippen LogP contribution is 2.49. The maximum atomic E-state index is 13.9. The van der Waals surface area contributed by atoms with Gasteiger partial charge >= 0.3 is 0 Å². The van der Waals surface area contributed by atoms with Crippen molar-refractivity contribution in [3.8, 4) is 11.5 Å². The molecule has 0 bridgehead atoms. The van der Waals surface area contributed by atoms with Gasteiger partial charge in [-0.1, -0.05) is 18.2 Å². The number of methoxy groups -OCH3 is 2. The Morgan fingerprint density at radius 2 is 1.65 bits per heavy atom. The number of likely N-dealkylation sites (tertiary alicyclic amines) is 1. The van der Waals surface area contributed by atoms with Crippen LogP contribution in [0.4, 0.5) is 0 Å². The van der Waals surface area contributed by atoms with Crippen molar-refractivity contribution in [2.75, 3.05) is 33.9 Å². The van der Waals surface area contributed by atoms with Crippen molar-refractivity contribution in [3.63, 3.8) is 0 Å². The number of hydrogen-bond acceptors (Lipinski definition) is 4. The van der Waals surface area contributed by atoms with Crippen LogP contribution in [0.3, 0.4) is 0 Å². The number of piperidine rings is 1. The molecule has 0 aromatic heterocycles. The molecule has 31 heavy (non-hydrogen) atoms. The van der Waals surface area contributed by atoms with Gasteiger partial charge in [0.25, 0.3) is 5.91 Å². The lowest BCUT2D eigenvalue weighted by atomic mass is 9.75. The Bertz CT molecular complexity index is 1030. The summed E-state index contributed by atoms with van der Waals surface area (Å²) in [6.07, 6.45) is 3.97. The summed E-state index contributed by atoms with van der Waals surface area (Å²) in [5, 5.41) is 0. The minimum Gasteiger partial charge on any atom is -0.493 e. The zero-order chi connectivity index (χ0) is 21.5.